The molecule has 11 nitrogen and oxygen atoms in total. The van der Waals surface area contributed by atoms with Crippen molar-refractivity contribution in [1.29, 1.82) is 0 Å². The molecule has 71 heavy (non-hydrogen) atoms. The molecule has 0 spiro atoms. The Kier molecular flexibility index (Phi) is 30.3. The fourth-order valence-electron chi connectivity index (χ4n) is 7.51. The van der Waals surface area contributed by atoms with Crippen molar-refractivity contribution in [2.45, 2.75) is 274 Å². The maximum atomic E-state index is 14.3. The van der Waals surface area contributed by atoms with Gasteiger partial charge in [-0.05, 0) is 131 Å². The third kappa shape index (κ3) is 25.0. The van der Waals surface area contributed by atoms with Crippen molar-refractivity contribution in [2.24, 2.45) is 0 Å². The molecule has 1 N–H and O–H groups in total. The number of methoxy groups -OCH3 is 2. The minimum absolute atomic E-state index is 0.0158. The highest BCUT2D eigenvalue weighted by Gasteiger charge is 2.46. The zero-order chi connectivity index (χ0) is 54.3. The van der Waals surface area contributed by atoms with Gasteiger partial charge in [0.1, 0.15) is 25.8 Å². The van der Waals surface area contributed by atoms with Gasteiger partial charge in [-0.2, -0.15) is 8.42 Å². The van der Waals surface area contributed by atoms with E-state index in [2.05, 4.69) is 114 Å². The first kappa shape index (κ1) is 67.8. The van der Waals surface area contributed by atoms with Crippen molar-refractivity contribution in [3.05, 3.63) is 42.0 Å². The second-order valence-corrected chi connectivity index (χ2v) is 40.3. The molecule has 1 aromatic carbocycles. The summed E-state index contributed by atoms with van der Waals surface area (Å²) in [4.78, 5) is 0.0935. The summed E-state index contributed by atoms with van der Waals surface area (Å²) in [5, 5.41) is 11.7. The Morgan fingerprint density at radius 2 is 1.11 bits per heavy atom. The first-order valence-corrected chi connectivity index (χ1v) is 36.9. The molecule has 0 aromatic heterocycles. The van der Waals surface area contributed by atoms with Gasteiger partial charge in [0, 0.05) is 26.7 Å². The van der Waals surface area contributed by atoms with Gasteiger partial charge in [0.25, 0.3) is 10.1 Å². The Bertz CT molecular complexity index is 1780. The van der Waals surface area contributed by atoms with Crippen LogP contribution in [-0.4, -0.2) is 109 Å². The van der Waals surface area contributed by atoms with Gasteiger partial charge < -0.3 is 37.3 Å². The molecular weight excluding hydrogens is 965 g/mol. The van der Waals surface area contributed by atoms with E-state index < -0.39 is 71.7 Å². The highest BCUT2D eigenvalue weighted by atomic mass is 32.2. The van der Waals surface area contributed by atoms with Crippen molar-refractivity contribution in [3.63, 3.8) is 0 Å². The van der Waals surface area contributed by atoms with Crippen LogP contribution in [0.25, 0.3) is 0 Å². The number of aliphatic hydroxyl groups excluding tert-OH is 1. The maximum Gasteiger partial charge on any atom is 0.297 e. The van der Waals surface area contributed by atoms with Crippen LogP contribution in [0.2, 0.25) is 54.4 Å². The van der Waals surface area contributed by atoms with E-state index >= 15 is 0 Å². The van der Waals surface area contributed by atoms with Crippen LogP contribution in [0.5, 0.6) is 0 Å². The second kappa shape index (κ2) is 31.7. The van der Waals surface area contributed by atoms with E-state index in [1.807, 2.05) is 19.1 Å². The number of rotatable bonds is 37. The zero-order valence-electron chi connectivity index (χ0n) is 48.5. The maximum absolute atomic E-state index is 14.3. The van der Waals surface area contributed by atoms with Crippen molar-refractivity contribution >= 4 is 35.1 Å². The van der Waals surface area contributed by atoms with Crippen LogP contribution in [0.3, 0.4) is 0 Å². The largest absolute Gasteiger partial charge is 0.414 e. The quantitative estimate of drug-likeness (QED) is 0.0171. The van der Waals surface area contributed by atoms with Crippen molar-refractivity contribution in [3.8, 4) is 12.3 Å². The van der Waals surface area contributed by atoms with Crippen molar-refractivity contribution in [2.75, 3.05) is 27.8 Å². The fraction of sp³-hybridized carbons (Fsp3) is 0.821. The smallest absolute Gasteiger partial charge is 0.297 e. The predicted octanol–water partition coefficient (Wildman–Crippen LogP) is 14.6. The third-order valence-electron chi connectivity index (χ3n) is 15.2. The summed E-state index contributed by atoms with van der Waals surface area (Å²) < 4.78 is 80.0. The number of aryl methyl sites for hydroxylation is 1. The second-order valence-electron chi connectivity index (χ2n) is 24.4. The van der Waals surface area contributed by atoms with E-state index in [1.54, 1.807) is 38.5 Å². The molecule has 0 aliphatic carbocycles. The van der Waals surface area contributed by atoms with E-state index in [-0.39, 0.29) is 39.7 Å². The van der Waals surface area contributed by atoms with Gasteiger partial charge in [0.2, 0.25) is 0 Å². The van der Waals surface area contributed by atoms with Crippen LogP contribution >= 0.6 is 0 Å². The third-order valence-corrected chi connectivity index (χ3v) is 30.1. The van der Waals surface area contributed by atoms with Crippen molar-refractivity contribution < 1.29 is 49.9 Å². The summed E-state index contributed by atoms with van der Waals surface area (Å²) in [6.45, 7) is 38.0. The summed E-state index contributed by atoms with van der Waals surface area (Å²) in [7, 11) is -7.97. The van der Waals surface area contributed by atoms with Gasteiger partial charge in [-0.3, -0.25) is 4.18 Å². The lowest BCUT2D eigenvalue weighted by atomic mass is 9.96. The Hall–Kier alpha value is -1.24. The lowest BCUT2D eigenvalue weighted by Crippen LogP contribution is -2.52. The minimum atomic E-state index is -4.22. The topological polar surface area (TPSA) is 128 Å². The number of allylic oxidation sites excluding steroid dienone is 1. The van der Waals surface area contributed by atoms with E-state index in [0.717, 1.165) is 63.4 Å². The monoisotopic (exact) mass is 1070 g/mol. The number of benzene rings is 1. The van der Waals surface area contributed by atoms with Crippen molar-refractivity contribution in [1.82, 2.24) is 0 Å². The summed E-state index contributed by atoms with van der Waals surface area (Å²) in [5.41, 5.74) is 0.949. The molecule has 0 fully saturated rings. The molecule has 1 aromatic rings. The highest BCUT2D eigenvalue weighted by Crippen LogP contribution is 2.43. The summed E-state index contributed by atoms with van der Waals surface area (Å²) in [5.74, 6) is 2.69. The molecule has 0 aliphatic heterocycles. The Morgan fingerprint density at radius 1 is 0.634 bits per heavy atom. The molecule has 1 rings (SSSR count). The van der Waals surface area contributed by atoms with Crippen LogP contribution < -0.4 is 0 Å². The molecule has 0 bridgehead atoms. The Balaban J connectivity index is 3.82. The molecule has 0 saturated carbocycles. The Morgan fingerprint density at radius 3 is 1.62 bits per heavy atom. The lowest BCUT2D eigenvalue weighted by Gasteiger charge is -2.45. The number of unbranched alkanes of at least 4 members (excludes halogenated alkanes) is 5. The predicted molar refractivity (Wildman–Crippen MR) is 302 cm³/mol. The van der Waals surface area contributed by atoms with Crippen LogP contribution in [0.1, 0.15) is 171 Å². The molecule has 15 heteroatoms. The minimum Gasteiger partial charge on any atom is -0.414 e. The van der Waals surface area contributed by atoms with Gasteiger partial charge in [-0.15, -0.1) is 12.3 Å². The number of ether oxygens (including phenoxy) is 4. The standard InChI is InChI=1S/C56H106O11SSi3/c1-21-23-25-26-29-33-49(62-43-60-13)48(57)39-40-52(66-70(17,18)55(7,8)9)53(67-71(19,20)56(10,11)12)42-41-51(64-68(58,59)47-37-35-45(3)36-38-47)50(63-44-61-14)34-30-27-28-32-46(31-24-22-2)65-69(15,16)54(4,5)6/h1,29,33,35-38,46,48-53,57H,22-28,30-32,34,39-44H2,2-20H3/b33-29+/t46-,48-,49+,50-,51-,52+,53+/m0/s1. The van der Waals surface area contributed by atoms with E-state index in [4.69, 9.17) is 42.8 Å². The average molecular weight is 1070 g/mol. The first-order valence-electron chi connectivity index (χ1n) is 26.8. The fourth-order valence-corrected chi connectivity index (χ4v) is 12.8. The zero-order valence-corrected chi connectivity index (χ0v) is 52.4. The molecule has 0 aliphatic rings. The Labute approximate surface area is 439 Å². The molecule has 0 heterocycles. The first-order chi connectivity index (χ1) is 32.8. The van der Waals surface area contributed by atoms with Crippen LogP contribution in [0, 0.1) is 19.3 Å². The van der Waals surface area contributed by atoms with Crippen LogP contribution in [0.15, 0.2) is 41.3 Å². The van der Waals surface area contributed by atoms with Gasteiger partial charge in [-0.25, -0.2) is 0 Å². The molecular formula is C56H106O11SSi3. The average Bonchev–Trinajstić information content (AvgIpc) is 3.25. The molecule has 7 atom stereocenters. The summed E-state index contributed by atoms with van der Waals surface area (Å²) in [6, 6.07) is 6.77. The van der Waals surface area contributed by atoms with Gasteiger partial charge in [-0.1, -0.05) is 131 Å². The molecule has 0 radical (unpaired) electrons. The van der Waals surface area contributed by atoms with E-state index in [9.17, 15) is 13.5 Å². The van der Waals surface area contributed by atoms with E-state index in [0.29, 0.717) is 38.5 Å². The lowest BCUT2D eigenvalue weighted by molar-refractivity contribution is -0.112. The van der Waals surface area contributed by atoms with Crippen LogP contribution in [-0.2, 0) is 46.5 Å². The van der Waals surface area contributed by atoms with Gasteiger partial charge >= 0.3 is 0 Å². The number of hydrogen-bond acceptors (Lipinski definition) is 11. The molecule has 0 unspecified atom stereocenters. The van der Waals surface area contributed by atoms with Crippen LogP contribution in [0.4, 0.5) is 0 Å². The van der Waals surface area contributed by atoms with Gasteiger partial charge in [0.05, 0.1) is 29.3 Å². The van der Waals surface area contributed by atoms with E-state index in [1.165, 1.54) is 0 Å². The number of aliphatic hydroxyl groups is 1. The molecule has 0 amide bonds. The highest BCUT2D eigenvalue weighted by molar-refractivity contribution is 7.86. The molecule has 0 saturated heterocycles. The normalized spacial score (nSPS) is 16.7. The number of hydrogen-bond donors (Lipinski definition) is 1. The van der Waals surface area contributed by atoms with Gasteiger partial charge in [0.15, 0.2) is 25.0 Å². The summed E-state index contributed by atoms with van der Waals surface area (Å²) in [6.07, 6.45) is 17.2. The summed E-state index contributed by atoms with van der Waals surface area (Å²) >= 11 is 0. The number of terminal acetylenes is 1. The molecule has 414 valence electrons. The SMILES string of the molecule is C#CCCC/C=C/[C@@H](OCOC)[C@@H](O)CC[C@@H](O[Si](C)(C)C(C)(C)C)[C@@H](CC[C@H](OS(=O)(=O)c1ccc(C)cc1)[C@H](CCCCC[C@H](CCCC)O[Si](C)(C)C(C)(C)C)OCOC)O[Si](C)(C)C(C)(C)C.